The van der Waals surface area contributed by atoms with Crippen molar-refractivity contribution in [2.45, 2.75) is 6.04 Å². The van der Waals surface area contributed by atoms with Crippen molar-refractivity contribution < 1.29 is 19.2 Å². The largest absolute Gasteiger partial charge is 0.368 e. The van der Waals surface area contributed by atoms with Crippen LogP contribution in [0, 0.1) is 0 Å². The second-order valence-electron chi connectivity index (χ2n) is 5.56. The Labute approximate surface area is 143 Å². The van der Waals surface area contributed by atoms with Crippen molar-refractivity contribution >= 4 is 23.6 Å². The molecule has 126 valence electrons. The Balaban J connectivity index is 1.74. The van der Waals surface area contributed by atoms with Gasteiger partial charge >= 0.3 is 0 Å². The minimum absolute atomic E-state index is 0.259. The molecule has 0 saturated carbocycles. The number of imide groups is 1. The number of nitrogens with two attached hydrogens (primary N) is 1. The molecule has 7 heteroatoms. The Morgan fingerprint density at radius 1 is 0.920 bits per heavy atom. The summed E-state index contributed by atoms with van der Waals surface area (Å²) in [7, 11) is 0. The fourth-order valence-corrected chi connectivity index (χ4v) is 2.70. The standard InChI is InChI=1S/C18H15N3O4/c19-16(23)15(11-6-2-1-3-7-11)20-14(22)10-21-17(24)12-8-4-5-9-13(12)18(21)25/h1-9,15H,10H2,(H2,19,23)(H,20,22). The molecule has 1 atom stereocenters. The van der Waals surface area contributed by atoms with Crippen molar-refractivity contribution in [3.63, 3.8) is 0 Å². The van der Waals surface area contributed by atoms with Crippen molar-refractivity contribution in [3.05, 3.63) is 71.3 Å². The maximum atomic E-state index is 12.3. The summed E-state index contributed by atoms with van der Waals surface area (Å²) in [5.41, 5.74) is 6.38. The van der Waals surface area contributed by atoms with Crippen LogP contribution in [-0.2, 0) is 9.59 Å². The van der Waals surface area contributed by atoms with E-state index in [4.69, 9.17) is 5.73 Å². The van der Waals surface area contributed by atoms with Crippen LogP contribution >= 0.6 is 0 Å². The van der Waals surface area contributed by atoms with E-state index >= 15 is 0 Å². The van der Waals surface area contributed by atoms with Gasteiger partial charge in [-0.2, -0.15) is 0 Å². The number of hydrogen-bond donors (Lipinski definition) is 2. The van der Waals surface area contributed by atoms with Gasteiger partial charge in [0.15, 0.2) is 0 Å². The molecule has 2 aromatic rings. The van der Waals surface area contributed by atoms with E-state index in [2.05, 4.69) is 5.32 Å². The van der Waals surface area contributed by atoms with Gasteiger partial charge in [-0.1, -0.05) is 42.5 Å². The maximum Gasteiger partial charge on any atom is 0.262 e. The monoisotopic (exact) mass is 337 g/mol. The van der Waals surface area contributed by atoms with Crippen LogP contribution in [0.1, 0.15) is 32.3 Å². The molecule has 7 nitrogen and oxygen atoms in total. The Morgan fingerprint density at radius 3 is 1.96 bits per heavy atom. The van der Waals surface area contributed by atoms with Gasteiger partial charge in [0.2, 0.25) is 11.8 Å². The predicted molar refractivity (Wildman–Crippen MR) is 88.3 cm³/mol. The zero-order valence-electron chi connectivity index (χ0n) is 13.1. The number of carbonyl (C=O) groups is 4. The molecule has 3 rings (SSSR count). The molecule has 0 spiro atoms. The lowest BCUT2D eigenvalue weighted by atomic mass is 10.1. The molecule has 3 N–H and O–H groups in total. The van der Waals surface area contributed by atoms with E-state index in [0.29, 0.717) is 5.56 Å². The van der Waals surface area contributed by atoms with E-state index in [9.17, 15) is 19.2 Å². The summed E-state index contributed by atoms with van der Waals surface area (Å²) in [4.78, 5) is 49.3. The van der Waals surface area contributed by atoms with Gasteiger partial charge < -0.3 is 11.1 Å². The van der Waals surface area contributed by atoms with Crippen LogP contribution < -0.4 is 11.1 Å². The minimum atomic E-state index is -1.04. The summed E-state index contributed by atoms with van der Waals surface area (Å²) in [6.45, 7) is -0.483. The number of carbonyl (C=O) groups excluding carboxylic acids is 4. The lowest BCUT2D eigenvalue weighted by Gasteiger charge is -2.18. The first-order chi connectivity index (χ1) is 12.0. The molecule has 1 aliphatic heterocycles. The molecule has 1 aliphatic rings. The lowest BCUT2D eigenvalue weighted by molar-refractivity contribution is -0.127. The van der Waals surface area contributed by atoms with Crippen molar-refractivity contribution in [2.24, 2.45) is 5.73 Å². The highest BCUT2D eigenvalue weighted by Crippen LogP contribution is 2.22. The van der Waals surface area contributed by atoms with E-state index in [-0.39, 0.29) is 11.1 Å². The number of fused-ring (bicyclic) bond motifs is 1. The zero-order valence-corrected chi connectivity index (χ0v) is 13.1. The summed E-state index contributed by atoms with van der Waals surface area (Å²) >= 11 is 0. The Hall–Kier alpha value is -3.48. The van der Waals surface area contributed by atoms with Gasteiger partial charge in [-0.3, -0.25) is 24.1 Å². The van der Waals surface area contributed by atoms with Gasteiger partial charge in [-0.05, 0) is 17.7 Å². The quantitative estimate of drug-likeness (QED) is 0.780. The summed E-state index contributed by atoms with van der Waals surface area (Å²) in [5, 5.41) is 2.47. The molecule has 0 saturated heterocycles. The number of primary amides is 1. The van der Waals surface area contributed by atoms with Crippen molar-refractivity contribution in [1.82, 2.24) is 10.2 Å². The predicted octanol–water partition coefficient (Wildman–Crippen LogP) is 0.625. The van der Waals surface area contributed by atoms with Gasteiger partial charge in [0, 0.05) is 0 Å². The van der Waals surface area contributed by atoms with Crippen LogP contribution in [-0.4, -0.2) is 35.1 Å². The highest BCUT2D eigenvalue weighted by molar-refractivity contribution is 6.22. The summed E-state index contributed by atoms with van der Waals surface area (Å²) < 4.78 is 0. The summed E-state index contributed by atoms with van der Waals surface area (Å²) in [6, 6.07) is 13.8. The Kier molecular flexibility index (Phi) is 4.30. The van der Waals surface area contributed by atoms with Gasteiger partial charge in [0.05, 0.1) is 11.1 Å². The first-order valence-corrected chi connectivity index (χ1v) is 7.58. The first kappa shape index (κ1) is 16.4. The van der Waals surface area contributed by atoms with Gasteiger partial charge in [-0.15, -0.1) is 0 Å². The number of benzene rings is 2. The van der Waals surface area contributed by atoms with Crippen molar-refractivity contribution in [1.29, 1.82) is 0 Å². The van der Waals surface area contributed by atoms with Crippen LogP contribution in [0.3, 0.4) is 0 Å². The summed E-state index contributed by atoms with van der Waals surface area (Å²) in [5.74, 6) is -2.46. The summed E-state index contributed by atoms with van der Waals surface area (Å²) in [6.07, 6.45) is 0. The number of hydrogen-bond acceptors (Lipinski definition) is 4. The van der Waals surface area contributed by atoms with Crippen molar-refractivity contribution in [3.8, 4) is 0 Å². The third-order valence-electron chi connectivity index (χ3n) is 3.90. The van der Waals surface area contributed by atoms with E-state index in [0.717, 1.165) is 4.90 Å². The van der Waals surface area contributed by atoms with E-state index < -0.39 is 36.2 Å². The van der Waals surface area contributed by atoms with Crippen LogP contribution in [0.2, 0.25) is 0 Å². The molecule has 0 radical (unpaired) electrons. The van der Waals surface area contributed by atoms with Gasteiger partial charge in [-0.25, -0.2) is 0 Å². The Bertz CT molecular complexity index is 829. The minimum Gasteiger partial charge on any atom is -0.368 e. The average Bonchev–Trinajstić information content (AvgIpc) is 2.85. The fraction of sp³-hybridized carbons (Fsp3) is 0.111. The lowest BCUT2D eigenvalue weighted by Crippen LogP contribution is -2.44. The van der Waals surface area contributed by atoms with Crippen LogP contribution in [0.25, 0.3) is 0 Å². The van der Waals surface area contributed by atoms with Crippen LogP contribution in [0.5, 0.6) is 0 Å². The molecule has 1 heterocycles. The molecular formula is C18H15N3O4. The highest BCUT2D eigenvalue weighted by Gasteiger charge is 2.36. The topological polar surface area (TPSA) is 110 Å². The van der Waals surface area contributed by atoms with E-state index in [1.807, 2.05) is 0 Å². The smallest absolute Gasteiger partial charge is 0.262 e. The maximum absolute atomic E-state index is 12.3. The second-order valence-corrected chi connectivity index (χ2v) is 5.56. The van der Waals surface area contributed by atoms with E-state index in [1.54, 1.807) is 42.5 Å². The number of amides is 4. The molecule has 0 bridgehead atoms. The fourth-order valence-electron chi connectivity index (χ4n) is 2.70. The van der Waals surface area contributed by atoms with Crippen molar-refractivity contribution in [2.75, 3.05) is 6.54 Å². The number of rotatable bonds is 5. The second kappa shape index (κ2) is 6.56. The Morgan fingerprint density at radius 2 is 1.44 bits per heavy atom. The molecule has 1 unspecified atom stereocenters. The first-order valence-electron chi connectivity index (χ1n) is 7.58. The van der Waals surface area contributed by atoms with Gasteiger partial charge in [0.25, 0.3) is 11.8 Å². The van der Waals surface area contributed by atoms with Crippen LogP contribution in [0.4, 0.5) is 0 Å². The molecule has 0 aliphatic carbocycles. The highest BCUT2D eigenvalue weighted by atomic mass is 16.2. The third-order valence-corrected chi connectivity index (χ3v) is 3.90. The van der Waals surface area contributed by atoms with Crippen LogP contribution in [0.15, 0.2) is 54.6 Å². The number of nitrogens with one attached hydrogen (secondary N) is 1. The molecule has 0 aromatic heterocycles. The molecule has 0 fully saturated rings. The molecular weight excluding hydrogens is 322 g/mol. The van der Waals surface area contributed by atoms with E-state index in [1.165, 1.54) is 12.1 Å². The molecule has 2 aromatic carbocycles. The molecule has 25 heavy (non-hydrogen) atoms. The normalized spacial score (nSPS) is 14.2. The van der Waals surface area contributed by atoms with Gasteiger partial charge in [0.1, 0.15) is 12.6 Å². The third kappa shape index (κ3) is 3.12. The molecule has 4 amide bonds. The SMILES string of the molecule is NC(=O)C(NC(=O)CN1C(=O)c2ccccc2C1=O)c1ccccc1. The number of nitrogens with zero attached hydrogens (tertiary/aromatic N) is 1. The average molecular weight is 337 g/mol. The zero-order chi connectivity index (χ0) is 18.0.